The van der Waals surface area contributed by atoms with Crippen LogP contribution >= 0.6 is 11.3 Å². The standard InChI is InChI=1S/C9H14N2OS/c1-7(8-3-2-6-13-8)11-5-4-9(10)12/h2-3,6-7,11H,4-5H2,1H3,(H2,10,12). The Kier molecular flexibility index (Phi) is 3.92. The van der Waals surface area contributed by atoms with Gasteiger partial charge in [-0.15, -0.1) is 11.3 Å². The molecule has 0 fully saturated rings. The molecule has 0 saturated carbocycles. The summed E-state index contributed by atoms with van der Waals surface area (Å²) in [5.41, 5.74) is 5.02. The topological polar surface area (TPSA) is 55.1 Å². The Morgan fingerprint density at radius 1 is 1.77 bits per heavy atom. The van der Waals surface area contributed by atoms with E-state index in [1.807, 2.05) is 11.4 Å². The molecule has 72 valence electrons. The number of rotatable bonds is 5. The maximum absolute atomic E-state index is 10.5. The second-order valence-electron chi connectivity index (χ2n) is 2.91. The van der Waals surface area contributed by atoms with E-state index in [4.69, 9.17) is 5.73 Å². The molecule has 3 N–H and O–H groups in total. The zero-order chi connectivity index (χ0) is 9.68. The Bertz CT molecular complexity index is 259. The SMILES string of the molecule is CC(NCCC(N)=O)c1cccs1. The minimum absolute atomic E-state index is 0.258. The molecule has 1 unspecified atom stereocenters. The van der Waals surface area contributed by atoms with Crippen LogP contribution in [0.2, 0.25) is 0 Å². The molecule has 13 heavy (non-hydrogen) atoms. The number of amides is 1. The molecule has 0 radical (unpaired) electrons. The molecule has 0 spiro atoms. The smallest absolute Gasteiger partial charge is 0.218 e. The van der Waals surface area contributed by atoms with Gasteiger partial charge in [0.25, 0.3) is 0 Å². The number of carbonyl (C=O) groups is 1. The summed E-state index contributed by atoms with van der Waals surface area (Å²) in [6.07, 6.45) is 0.399. The number of nitrogens with one attached hydrogen (secondary N) is 1. The Hall–Kier alpha value is -0.870. The third kappa shape index (κ3) is 3.57. The first kappa shape index (κ1) is 10.2. The Balaban J connectivity index is 2.26. The van der Waals surface area contributed by atoms with Crippen LogP contribution in [0, 0.1) is 0 Å². The molecule has 0 aliphatic rings. The van der Waals surface area contributed by atoms with Gasteiger partial charge in [0, 0.05) is 23.9 Å². The average Bonchev–Trinajstić information content (AvgIpc) is 2.55. The van der Waals surface area contributed by atoms with Gasteiger partial charge in [-0.2, -0.15) is 0 Å². The summed E-state index contributed by atoms with van der Waals surface area (Å²) in [5, 5.41) is 5.27. The van der Waals surface area contributed by atoms with E-state index in [2.05, 4.69) is 18.3 Å². The van der Waals surface area contributed by atoms with Gasteiger partial charge in [-0.3, -0.25) is 4.79 Å². The van der Waals surface area contributed by atoms with Crippen molar-refractivity contribution in [3.8, 4) is 0 Å². The lowest BCUT2D eigenvalue weighted by atomic mass is 10.2. The van der Waals surface area contributed by atoms with Gasteiger partial charge in [0.2, 0.25) is 5.91 Å². The number of nitrogens with two attached hydrogens (primary N) is 1. The number of primary amides is 1. The van der Waals surface area contributed by atoms with E-state index in [9.17, 15) is 4.79 Å². The maximum Gasteiger partial charge on any atom is 0.218 e. The van der Waals surface area contributed by atoms with Crippen molar-refractivity contribution in [3.63, 3.8) is 0 Å². The summed E-state index contributed by atoms with van der Waals surface area (Å²) < 4.78 is 0. The summed E-state index contributed by atoms with van der Waals surface area (Å²) in [6.45, 7) is 2.72. The fourth-order valence-electron chi connectivity index (χ4n) is 1.05. The highest BCUT2D eigenvalue weighted by Crippen LogP contribution is 2.17. The van der Waals surface area contributed by atoms with Gasteiger partial charge in [-0.25, -0.2) is 0 Å². The van der Waals surface area contributed by atoms with Gasteiger partial charge >= 0.3 is 0 Å². The predicted octanol–water partition coefficient (Wildman–Crippen LogP) is 1.27. The zero-order valence-corrected chi connectivity index (χ0v) is 8.43. The number of carbonyl (C=O) groups excluding carboxylic acids is 1. The molecule has 0 aliphatic carbocycles. The maximum atomic E-state index is 10.5. The highest BCUT2D eigenvalue weighted by molar-refractivity contribution is 7.10. The van der Waals surface area contributed by atoms with Crippen LogP contribution in [0.1, 0.15) is 24.3 Å². The summed E-state index contributed by atoms with van der Waals surface area (Å²) in [7, 11) is 0. The lowest BCUT2D eigenvalue weighted by Gasteiger charge is -2.10. The second kappa shape index (κ2) is 4.99. The fourth-order valence-corrected chi connectivity index (χ4v) is 1.81. The summed E-state index contributed by atoms with van der Waals surface area (Å²) in [5.74, 6) is -0.258. The first-order valence-corrected chi connectivity index (χ1v) is 5.13. The third-order valence-corrected chi connectivity index (χ3v) is 2.85. The van der Waals surface area contributed by atoms with Crippen molar-refractivity contribution >= 4 is 17.2 Å². The van der Waals surface area contributed by atoms with Crippen molar-refractivity contribution in [2.75, 3.05) is 6.54 Å². The summed E-state index contributed by atoms with van der Waals surface area (Å²) in [4.78, 5) is 11.7. The third-order valence-electron chi connectivity index (χ3n) is 1.79. The van der Waals surface area contributed by atoms with E-state index < -0.39 is 0 Å². The van der Waals surface area contributed by atoms with Crippen LogP contribution in [0.3, 0.4) is 0 Å². The summed E-state index contributed by atoms with van der Waals surface area (Å²) in [6, 6.07) is 4.40. The van der Waals surface area contributed by atoms with Crippen LogP contribution in [0.15, 0.2) is 17.5 Å². The minimum atomic E-state index is -0.258. The Morgan fingerprint density at radius 2 is 2.54 bits per heavy atom. The molecule has 1 rings (SSSR count). The average molecular weight is 198 g/mol. The first-order valence-electron chi connectivity index (χ1n) is 4.25. The van der Waals surface area contributed by atoms with Crippen molar-refractivity contribution in [3.05, 3.63) is 22.4 Å². The van der Waals surface area contributed by atoms with Crippen LogP contribution in [-0.4, -0.2) is 12.5 Å². The molecular formula is C9H14N2OS. The van der Waals surface area contributed by atoms with Gasteiger partial charge < -0.3 is 11.1 Å². The summed E-state index contributed by atoms with van der Waals surface area (Å²) >= 11 is 1.71. The Labute approximate surface area is 81.9 Å². The lowest BCUT2D eigenvalue weighted by Crippen LogP contribution is -2.24. The van der Waals surface area contributed by atoms with E-state index in [0.717, 1.165) is 0 Å². The minimum Gasteiger partial charge on any atom is -0.370 e. The van der Waals surface area contributed by atoms with E-state index >= 15 is 0 Å². The highest BCUT2D eigenvalue weighted by Gasteiger charge is 2.04. The van der Waals surface area contributed by atoms with Crippen molar-refractivity contribution in [1.82, 2.24) is 5.32 Å². The van der Waals surface area contributed by atoms with E-state index in [1.165, 1.54) is 4.88 Å². The molecule has 4 heteroatoms. The quantitative estimate of drug-likeness (QED) is 0.748. The lowest BCUT2D eigenvalue weighted by molar-refractivity contribution is -0.117. The van der Waals surface area contributed by atoms with Gasteiger partial charge in [0.15, 0.2) is 0 Å². The number of hydrogen-bond donors (Lipinski definition) is 2. The van der Waals surface area contributed by atoms with Crippen molar-refractivity contribution in [1.29, 1.82) is 0 Å². The molecule has 0 aromatic carbocycles. The monoisotopic (exact) mass is 198 g/mol. The van der Waals surface area contributed by atoms with E-state index in [0.29, 0.717) is 19.0 Å². The normalized spacial score (nSPS) is 12.7. The molecule has 1 heterocycles. The van der Waals surface area contributed by atoms with Crippen molar-refractivity contribution in [2.24, 2.45) is 5.73 Å². The molecule has 0 bridgehead atoms. The first-order chi connectivity index (χ1) is 6.20. The predicted molar refractivity (Wildman–Crippen MR) is 54.5 cm³/mol. The molecule has 0 saturated heterocycles. The van der Waals surface area contributed by atoms with Crippen LogP contribution in [0.25, 0.3) is 0 Å². The largest absolute Gasteiger partial charge is 0.370 e. The van der Waals surface area contributed by atoms with Gasteiger partial charge in [0.1, 0.15) is 0 Å². The van der Waals surface area contributed by atoms with Gasteiger partial charge in [-0.05, 0) is 18.4 Å². The van der Waals surface area contributed by atoms with Crippen LogP contribution < -0.4 is 11.1 Å². The number of hydrogen-bond acceptors (Lipinski definition) is 3. The van der Waals surface area contributed by atoms with E-state index in [1.54, 1.807) is 11.3 Å². The van der Waals surface area contributed by atoms with Crippen LogP contribution in [0.4, 0.5) is 0 Å². The van der Waals surface area contributed by atoms with Crippen molar-refractivity contribution in [2.45, 2.75) is 19.4 Å². The molecule has 1 atom stereocenters. The van der Waals surface area contributed by atoms with E-state index in [-0.39, 0.29) is 5.91 Å². The van der Waals surface area contributed by atoms with Gasteiger partial charge in [0.05, 0.1) is 0 Å². The molecule has 3 nitrogen and oxygen atoms in total. The molecule has 1 amide bonds. The molecule has 1 aromatic heterocycles. The Morgan fingerprint density at radius 3 is 3.08 bits per heavy atom. The molecule has 1 aromatic rings. The number of thiophene rings is 1. The van der Waals surface area contributed by atoms with Crippen molar-refractivity contribution < 1.29 is 4.79 Å². The molecule has 0 aliphatic heterocycles. The van der Waals surface area contributed by atoms with Crippen LogP contribution in [-0.2, 0) is 4.79 Å². The van der Waals surface area contributed by atoms with Gasteiger partial charge in [-0.1, -0.05) is 6.07 Å². The highest BCUT2D eigenvalue weighted by atomic mass is 32.1. The second-order valence-corrected chi connectivity index (χ2v) is 3.89. The zero-order valence-electron chi connectivity index (χ0n) is 7.62. The molecular weight excluding hydrogens is 184 g/mol. The van der Waals surface area contributed by atoms with Crippen LogP contribution in [0.5, 0.6) is 0 Å². The fraction of sp³-hybridized carbons (Fsp3) is 0.444.